The predicted octanol–water partition coefficient (Wildman–Crippen LogP) is 2.72. The van der Waals surface area contributed by atoms with Gasteiger partial charge >= 0.3 is 0 Å². The van der Waals surface area contributed by atoms with Crippen molar-refractivity contribution in [2.24, 2.45) is 0 Å². The van der Waals surface area contributed by atoms with Crippen LogP contribution in [0.15, 0.2) is 59.3 Å². The SMILES string of the molecule is C=CCN(Cc1cccs1)C(=O)CN(C)[C@@H]1CS(=O)(=O)c2ccccc21. The molecule has 1 aromatic heterocycles. The van der Waals surface area contributed by atoms with Gasteiger partial charge in [0.1, 0.15) is 0 Å². The van der Waals surface area contributed by atoms with E-state index in [1.807, 2.05) is 34.5 Å². The van der Waals surface area contributed by atoms with E-state index in [1.54, 1.807) is 41.5 Å². The predicted molar refractivity (Wildman–Crippen MR) is 104 cm³/mol. The quantitative estimate of drug-likeness (QED) is 0.682. The van der Waals surface area contributed by atoms with E-state index in [0.717, 1.165) is 10.4 Å². The summed E-state index contributed by atoms with van der Waals surface area (Å²) in [6.45, 7) is 4.89. The van der Waals surface area contributed by atoms with Gasteiger partial charge in [-0.2, -0.15) is 0 Å². The fourth-order valence-electron chi connectivity index (χ4n) is 3.22. The topological polar surface area (TPSA) is 57.7 Å². The van der Waals surface area contributed by atoms with E-state index >= 15 is 0 Å². The highest BCUT2D eigenvalue weighted by Gasteiger charge is 2.37. The molecule has 1 atom stereocenters. The smallest absolute Gasteiger partial charge is 0.237 e. The van der Waals surface area contributed by atoms with Crippen molar-refractivity contribution >= 4 is 27.1 Å². The first kappa shape index (κ1) is 18.8. The maximum absolute atomic E-state index is 12.8. The molecule has 0 spiro atoms. The zero-order valence-electron chi connectivity index (χ0n) is 14.7. The maximum Gasteiger partial charge on any atom is 0.237 e. The monoisotopic (exact) mass is 390 g/mol. The molecule has 0 saturated carbocycles. The molecule has 2 aromatic rings. The minimum atomic E-state index is -3.29. The van der Waals surface area contributed by atoms with Gasteiger partial charge < -0.3 is 4.90 Å². The lowest BCUT2D eigenvalue weighted by Crippen LogP contribution is -2.40. The van der Waals surface area contributed by atoms with E-state index in [4.69, 9.17) is 0 Å². The second-order valence-corrected chi connectivity index (χ2v) is 9.43. The first-order valence-electron chi connectivity index (χ1n) is 8.35. The first-order chi connectivity index (χ1) is 12.4. The largest absolute Gasteiger partial charge is 0.333 e. The normalized spacial score (nSPS) is 17.8. The van der Waals surface area contributed by atoms with Crippen LogP contribution in [0.3, 0.4) is 0 Å². The Morgan fingerprint density at radius 2 is 2.08 bits per heavy atom. The summed E-state index contributed by atoms with van der Waals surface area (Å²) >= 11 is 1.61. The van der Waals surface area contributed by atoms with E-state index in [2.05, 4.69) is 6.58 Å². The molecule has 0 saturated heterocycles. The lowest BCUT2D eigenvalue weighted by atomic mass is 10.1. The Hall–Kier alpha value is -1.96. The molecule has 1 aliphatic rings. The summed E-state index contributed by atoms with van der Waals surface area (Å²) in [5.41, 5.74) is 0.774. The molecule has 26 heavy (non-hydrogen) atoms. The molecule has 0 fully saturated rings. The summed E-state index contributed by atoms with van der Waals surface area (Å²) in [5.74, 6) is -0.0229. The number of benzene rings is 1. The molecular formula is C19H22N2O3S2. The first-order valence-corrected chi connectivity index (χ1v) is 10.9. The Bertz CT molecular complexity index is 891. The number of fused-ring (bicyclic) bond motifs is 1. The van der Waals surface area contributed by atoms with Gasteiger partial charge in [-0.3, -0.25) is 9.69 Å². The summed E-state index contributed by atoms with van der Waals surface area (Å²) in [6, 6.07) is 10.7. The van der Waals surface area contributed by atoms with Crippen LogP contribution in [0.25, 0.3) is 0 Å². The maximum atomic E-state index is 12.8. The van der Waals surface area contributed by atoms with E-state index in [9.17, 15) is 13.2 Å². The molecular weight excluding hydrogens is 368 g/mol. The third-order valence-corrected chi connectivity index (χ3v) is 7.19. The lowest BCUT2D eigenvalue weighted by Gasteiger charge is -2.27. The number of hydrogen-bond acceptors (Lipinski definition) is 5. The molecule has 0 bridgehead atoms. The van der Waals surface area contributed by atoms with Crippen LogP contribution in [-0.4, -0.2) is 50.0 Å². The zero-order valence-corrected chi connectivity index (χ0v) is 16.3. The van der Waals surface area contributed by atoms with Crippen molar-refractivity contribution in [1.82, 2.24) is 9.80 Å². The van der Waals surface area contributed by atoms with Gasteiger partial charge in [-0.1, -0.05) is 30.3 Å². The number of nitrogens with zero attached hydrogens (tertiary/aromatic N) is 2. The van der Waals surface area contributed by atoms with Crippen LogP contribution in [-0.2, 0) is 21.2 Å². The summed E-state index contributed by atoms with van der Waals surface area (Å²) in [5, 5.41) is 1.98. The molecule has 7 heteroatoms. The molecule has 0 unspecified atom stereocenters. The highest BCUT2D eigenvalue weighted by atomic mass is 32.2. The third-order valence-electron chi connectivity index (χ3n) is 4.54. The van der Waals surface area contributed by atoms with Crippen molar-refractivity contribution in [3.63, 3.8) is 0 Å². The van der Waals surface area contributed by atoms with Crippen molar-refractivity contribution in [2.45, 2.75) is 17.5 Å². The number of thiophene rings is 1. The van der Waals surface area contributed by atoms with Gasteiger partial charge in [0.2, 0.25) is 5.91 Å². The number of rotatable bonds is 7. The van der Waals surface area contributed by atoms with Crippen LogP contribution in [0.2, 0.25) is 0 Å². The van der Waals surface area contributed by atoms with E-state index in [-0.39, 0.29) is 24.2 Å². The van der Waals surface area contributed by atoms with Crippen LogP contribution in [0, 0.1) is 0 Å². The Labute approximate surface area is 158 Å². The number of carbonyl (C=O) groups excluding carboxylic acids is 1. The van der Waals surface area contributed by atoms with Gasteiger partial charge in [0.05, 0.1) is 29.8 Å². The molecule has 1 aliphatic heterocycles. The number of likely N-dealkylation sites (N-methyl/N-ethyl adjacent to an activating group) is 1. The Kier molecular flexibility index (Phi) is 5.60. The highest BCUT2D eigenvalue weighted by Crippen LogP contribution is 2.36. The Balaban J connectivity index is 1.73. The molecule has 2 heterocycles. The summed E-state index contributed by atoms with van der Waals surface area (Å²) in [7, 11) is -1.49. The molecule has 0 radical (unpaired) electrons. The minimum Gasteiger partial charge on any atom is -0.333 e. The lowest BCUT2D eigenvalue weighted by molar-refractivity contribution is -0.132. The Morgan fingerprint density at radius 3 is 2.77 bits per heavy atom. The highest BCUT2D eigenvalue weighted by molar-refractivity contribution is 7.91. The van der Waals surface area contributed by atoms with Gasteiger partial charge in [-0.25, -0.2) is 8.42 Å². The van der Waals surface area contributed by atoms with Crippen LogP contribution >= 0.6 is 11.3 Å². The summed E-state index contributed by atoms with van der Waals surface area (Å²) in [4.78, 5) is 17.9. The third kappa shape index (κ3) is 3.90. The molecule has 138 valence electrons. The minimum absolute atomic E-state index is 0.0164. The van der Waals surface area contributed by atoms with E-state index in [1.165, 1.54) is 0 Å². The van der Waals surface area contributed by atoms with Gasteiger partial charge in [-0.15, -0.1) is 17.9 Å². The van der Waals surface area contributed by atoms with Gasteiger partial charge in [0, 0.05) is 11.4 Å². The average molecular weight is 391 g/mol. The molecule has 0 aliphatic carbocycles. The Morgan fingerprint density at radius 1 is 1.31 bits per heavy atom. The van der Waals surface area contributed by atoms with Crippen LogP contribution in [0.5, 0.6) is 0 Å². The van der Waals surface area contributed by atoms with Gasteiger partial charge in [-0.05, 0) is 30.1 Å². The second kappa shape index (κ2) is 7.73. The standard InChI is InChI=1S/C19H22N2O3S2/c1-3-10-21(12-15-7-6-11-25-15)19(22)13-20(2)17-14-26(23,24)18-9-5-4-8-16(17)18/h3-9,11,17H,1,10,12-14H2,2H3/t17-/m1/s1. The van der Waals surface area contributed by atoms with Crippen molar-refractivity contribution in [3.8, 4) is 0 Å². The van der Waals surface area contributed by atoms with E-state index < -0.39 is 9.84 Å². The summed E-state index contributed by atoms with van der Waals surface area (Å²) in [6.07, 6.45) is 1.71. The molecule has 3 rings (SSSR count). The average Bonchev–Trinajstić information content (AvgIpc) is 3.21. The fraction of sp³-hybridized carbons (Fsp3) is 0.316. The van der Waals surface area contributed by atoms with Crippen molar-refractivity contribution < 1.29 is 13.2 Å². The van der Waals surface area contributed by atoms with Crippen molar-refractivity contribution in [2.75, 3.05) is 25.9 Å². The van der Waals surface area contributed by atoms with E-state index in [0.29, 0.717) is 18.0 Å². The number of hydrogen-bond donors (Lipinski definition) is 0. The number of sulfone groups is 1. The fourth-order valence-corrected chi connectivity index (χ4v) is 5.81. The second-order valence-electron chi connectivity index (χ2n) is 6.39. The molecule has 1 amide bonds. The van der Waals surface area contributed by atoms with Crippen molar-refractivity contribution in [3.05, 3.63) is 64.9 Å². The van der Waals surface area contributed by atoms with Crippen LogP contribution < -0.4 is 0 Å². The van der Waals surface area contributed by atoms with Crippen LogP contribution in [0.1, 0.15) is 16.5 Å². The zero-order chi connectivity index (χ0) is 18.7. The number of carbonyl (C=O) groups is 1. The molecule has 0 N–H and O–H groups in total. The van der Waals surface area contributed by atoms with Crippen molar-refractivity contribution in [1.29, 1.82) is 0 Å². The van der Waals surface area contributed by atoms with Gasteiger partial charge in [0.15, 0.2) is 9.84 Å². The number of amides is 1. The van der Waals surface area contributed by atoms with Gasteiger partial charge in [0.25, 0.3) is 0 Å². The molecule has 1 aromatic carbocycles. The summed E-state index contributed by atoms with van der Waals surface area (Å²) < 4.78 is 24.7. The molecule has 5 nitrogen and oxygen atoms in total. The van der Waals surface area contributed by atoms with Crippen LogP contribution in [0.4, 0.5) is 0 Å².